The Morgan fingerprint density at radius 1 is 1.23 bits per heavy atom. The molecule has 2 heterocycles. The van der Waals surface area contributed by atoms with Crippen LogP contribution in [0.5, 0.6) is 0 Å². The first kappa shape index (κ1) is 16.4. The summed E-state index contributed by atoms with van der Waals surface area (Å²) in [6.07, 6.45) is 0. The zero-order valence-electron chi connectivity index (χ0n) is 13.7. The smallest absolute Gasteiger partial charge is 0.374 e. The molecular formula is C16H18BN3OS. The Balaban J connectivity index is 2.80. The highest BCUT2D eigenvalue weighted by atomic mass is 32.1. The summed E-state index contributed by atoms with van der Waals surface area (Å²) in [5.74, 6) is 1.21. The van der Waals surface area contributed by atoms with E-state index in [-0.39, 0.29) is 0 Å². The van der Waals surface area contributed by atoms with E-state index >= 15 is 0 Å². The van der Waals surface area contributed by atoms with Gasteiger partial charge in [-0.3, -0.25) is 0 Å². The van der Waals surface area contributed by atoms with Gasteiger partial charge in [0.15, 0.2) is 0 Å². The van der Waals surface area contributed by atoms with Crippen molar-refractivity contribution in [2.75, 3.05) is 0 Å². The highest BCUT2D eigenvalue weighted by Gasteiger charge is 2.22. The molecule has 2 rings (SSSR count). The zero-order valence-corrected chi connectivity index (χ0v) is 14.6. The van der Waals surface area contributed by atoms with Crippen molar-refractivity contribution in [3.05, 3.63) is 38.1 Å². The number of hydrogen-bond donors (Lipinski definition) is 0. The van der Waals surface area contributed by atoms with Gasteiger partial charge in [-0.15, -0.1) is 11.3 Å². The van der Waals surface area contributed by atoms with Gasteiger partial charge in [0.2, 0.25) is 0 Å². The predicted molar refractivity (Wildman–Crippen MR) is 90.5 cm³/mol. The molecule has 0 saturated heterocycles. The van der Waals surface area contributed by atoms with Gasteiger partial charge in [-0.25, -0.2) is 4.98 Å². The lowest BCUT2D eigenvalue weighted by atomic mass is 10.0. The van der Waals surface area contributed by atoms with Crippen LogP contribution in [0.3, 0.4) is 0 Å². The summed E-state index contributed by atoms with van der Waals surface area (Å²) in [6, 6.07) is 2.26. The second-order valence-electron chi connectivity index (χ2n) is 5.32. The van der Waals surface area contributed by atoms with Gasteiger partial charge in [0.05, 0.1) is 10.6 Å². The van der Waals surface area contributed by atoms with E-state index in [1.54, 1.807) is 11.3 Å². The third kappa shape index (κ3) is 2.46. The molecule has 0 saturated carbocycles. The van der Waals surface area contributed by atoms with Crippen LogP contribution in [0.4, 0.5) is 0 Å². The molecule has 0 aliphatic rings. The fourth-order valence-corrected chi connectivity index (χ4v) is 3.67. The van der Waals surface area contributed by atoms with E-state index in [9.17, 15) is 5.26 Å². The molecule has 112 valence electrons. The van der Waals surface area contributed by atoms with E-state index in [1.807, 2.05) is 39.3 Å². The van der Waals surface area contributed by atoms with Crippen molar-refractivity contribution in [2.24, 2.45) is 7.05 Å². The van der Waals surface area contributed by atoms with Crippen molar-refractivity contribution in [3.63, 3.8) is 0 Å². The Labute approximate surface area is 136 Å². The van der Waals surface area contributed by atoms with Crippen molar-refractivity contribution in [2.45, 2.75) is 34.6 Å². The number of thiophene rings is 1. The average molecular weight is 311 g/mol. The number of aromatic nitrogens is 2. The Hall–Kier alpha value is -2.00. The fraction of sp³-hybridized carbons (Fsp3) is 0.375. The molecule has 2 aromatic heterocycles. The van der Waals surface area contributed by atoms with Crippen molar-refractivity contribution in [1.29, 1.82) is 5.26 Å². The summed E-state index contributed by atoms with van der Waals surface area (Å²) in [4.78, 5) is 6.51. The van der Waals surface area contributed by atoms with Crippen LogP contribution in [0.25, 0.3) is 11.3 Å². The third-order valence-electron chi connectivity index (χ3n) is 4.08. The first-order valence-corrected chi connectivity index (χ1v) is 7.73. The van der Waals surface area contributed by atoms with Gasteiger partial charge in [-0.1, -0.05) is 0 Å². The highest BCUT2D eigenvalue weighted by Crippen LogP contribution is 2.36. The van der Waals surface area contributed by atoms with Gasteiger partial charge in [-0.05, 0) is 45.7 Å². The van der Waals surface area contributed by atoms with Crippen molar-refractivity contribution >= 4 is 30.7 Å². The molecule has 4 nitrogen and oxygen atoms in total. The standard InChI is InChI=1S/C16H18BN3OS/c1-8-9(2)16(22-11(8)4)13(7-18)15(21-17)14-10(3)19-12(5)20(14)6/h1-6H3. The van der Waals surface area contributed by atoms with Crippen LogP contribution < -0.4 is 0 Å². The maximum Gasteiger partial charge on any atom is 0.374 e. The number of imidazole rings is 1. The first-order valence-electron chi connectivity index (χ1n) is 6.91. The molecule has 0 unspecified atom stereocenters. The number of nitrogens with zero attached hydrogens (tertiary/aromatic N) is 3. The monoisotopic (exact) mass is 311 g/mol. The third-order valence-corrected chi connectivity index (χ3v) is 5.41. The molecule has 0 N–H and O–H groups in total. The summed E-state index contributed by atoms with van der Waals surface area (Å²) in [6.45, 7) is 9.91. The molecule has 2 aromatic rings. The van der Waals surface area contributed by atoms with Crippen LogP contribution in [0.2, 0.25) is 0 Å². The van der Waals surface area contributed by atoms with Crippen LogP contribution in [-0.2, 0) is 11.7 Å². The zero-order chi connectivity index (χ0) is 16.6. The van der Waals surface area contributed by atoms with E-state index in [0.29, 0.717) is 11.3 Å². The molecule has 22 heavy (non-hydrogen) atoms. The molecule has 0 bridgehead atoms. The predicted octanol–water partition coefficient (Wildman–Crippen LogP) is 3.52. The molecule has 6 heteroatoms. The molecular weight excluding hydrogens is 293 g/mol. The molecule has 0 aromatic carbocycles. The Bertz CT molecular complexity index is 808. The van der Waals surface area contributed by atoms with Gasteiger partial charge < -0.3 is 9.22 Å². The average Bonchev–Trinajstić information content (AvgIpc) is 2.88. The minimum absolute atomic E-state index is 0.368. The lowest BCUT2D eigenvalue weighted by Gasteiger charge is -2.12. The summed E-state index contributed by atoms with van der Waals surface area (Å²) < 4.78 is 7.01. The van der Waals surface area contributed by atoms with E-state index < -0.39 is 0 Å². The van der Waals surface area contributed by atoms with Crippen molar-refractivity contribution < 1.29 is 4.65 Å². The number of allylic oxidation sites excluding steroid dienone is 1. The topological polar surface area (TPSA) is 50.8 Å². The molecule has 0 fully saturated rings. The number of hydrogen-bond acceptors (Lipinski definition) is 4. The lowest BCUT2D eigenvalue weighted by Crippen LogP contribution is -2.03. The minimum Gasteiger partial charge on any atom is -0.565 e. The maximum atomic E-state index is 9.69. The Morgan fingerprint density at radius 2 is 1.86 bits per heavy atom. The summed E-state index contributed by atoms with van der Waals surface area (Å²) in [7, 11) is 7.40. The SMILES string of the molecule is [B]OC(=C(C#N)c1sc(C)c(C)c1C)c1c(C)nc(C)n1C. The first-order chi connectivity index (χ1) is 10.3. The van der Waals surface area contributed by atoms with Gasteiger partial charge in [0.25, 0.3) is 0 Å². The number of rotatable bonds is 3. The number of nitriles is 1. The van der Waals surface area contributed by atoms with Gasteiger partial charge >= 0.3 is 8.05 Å². The van der Waals surface area contributed by atoms with E-state index in [0.717, 1.165) is 27.7 Å². The quantitative estimate of drug-likeness (QED) is 0.495. The van der Waals surface area contributed by atoms with Crippen LogP contribution >= 0.6 is 11.3 Å². The summed E-state index contributed by atoms with van der Waals surface area (Å²) in [5.41, 5.74) is 4.26. The van der Waals surface area contributed by atoms with E-state index in [1.165, 1.54) is 10.4 Å². The second kappa shape index (κ2) is 6.01. The van der Waals surface area contributed by atoms with E-state index in [2.05, 4.69) is 18.0 Å². The normalized spacial score (nSPS) is 12.0. The van der Waals surface area contributed by atoms with Crippen LogP contribution in [-0.4, -0.2) is 17.6 Å². The van der Waals surface area contributed by atoms with Gasteiger partial charge in [0.1, 0.15) is 28.9 Å². The lowest BCUT2D eigenvalue weighted by molar-refractivity contribution is 0.564. The van der Waals surface area contributed by atoms with E-state index in [4.69, 9.17) is 12.7 Å². The summed E-state index contributed by atoms with van der Waals surface area (Å²) >= 11 is 1.58. The number of aryl methyl sites for hydroxylation is 3. The molecule has 0 spiro atoms. The summed E-state index contributed by atoms with van der Waals surface area (Å²) in [5, 5.41) is 9.69. The molecule has 0 amide bonds. The molecule has 0 atom stereocenters. The maximum absolute atomic E-state index is 9.69. The van der Waals surface area contributed by atoms with Crippen LogP contribution in [0.15, 0.2) is 0 Å². The van der Waals surface area contributed by atoms with Crippen LogP contribution in [0.1, 0.15) is 38.1 Å². The Morgan fingerprint density at radius 3 is 2.23 bits per heavy atom. The second-order valence-corrected chi connectivity index (χ2v) is 6.55. The molecule has 0 aliphatic carbocycles. The fourth-order valence-electron chi connectivity index (χ4n) is 2.51. The highest BCUT2D eigenvalue weighted by molar-refractivity contribution is 7.13. The van der Waals surface area contributed by atoms with Gasteiger partial charge in [0, 0.05) is 11.9 Å². The van der Waals surface area contributed by atoms with Crippen molar-refractivity contribution in [3.8, 4) is 6.07 Å². The molecule has 0 aliphatic heterocycles. The Kier molecular flexibility index (Phi) is 4.48. The largest absolute Gasteiger partial charge is 0.565 e. The molecule has 2 radical (unpaired) electrons. The van der Waals surface area contributed by atoms with Gasteiger partial charge in [-0.2, -0.15) is 5.26 Å². The van der Waals surface area contributed by atoms with Crippen LogP contribution in [0, 0.1) is 45.9 Å². The van der Waals surface area contributed by atoms with Crippen molar-refractivity contribution in [1.82, 2.24) is 9.55 Å². The minimum atomic E-state index is 0.368.